The van der Waals surface area contributed by atoms with E-state index in [0.717, 1.165) is 30.6 Å². The number of hydrogen-bond donors (Lipinski definition) is 1. The van der Waals surface area contributed by atoms with Gasteiger partial charge >= 0.3 is 6.03 Å². The summed E-state index contributed by atoms with van der Waals surface area (Å²) in [6, 6.07) is 7.79. The summed E-state index contributed by atoms with van der Waals surface area (Å²) in [6.45, 7) is 5.13. The number of urea groups is 1. The Morgan fingerprint density at radius 1 is 1.33 bits per heavy atom. The zero-order valence-electron chi connectivity index (χ0n) is 14.3. The highest BCUT2D eigenvalue weighted by molar-refractivity contribution is 5.87. The summed E-state index contributed by atoms with van der Waals surface area (Å²) in [6.07, 6.45) is 2.87. The number of nitrogens with zero attached hydrogens (tertiary/aromatic N) is 2. The van der Waals surface area contributed by atoms with Gasteiger partial charge < -0.3 is 15.0 Å². The first-order valence-corrected chi connectivity index (χ1v) is 8.70. The van der Waals surface area contributed by atoms with Gasteiger partial charge in [-0.25, -0.2) is 4.79 Å². The molecule has 0 spiro atoms. The standard InChI is InChI=1S/C18H25N3O3/c1-3-15(14-7-5-6-8-16(14)24-4-2)19-18(23)20-11-17(22)21(12-20)13-9-10-13/h5-8,13,15H,3-4,9-12H2,1-2H3,(H,19,23). The average Bonchev–Trinajstić information content (AvgIpc) is 3.35. The zero-order valence-corrected chi connectivity index (χ0v) is 14.3. The van der Waals surface area contributed by atoms with Gasteiger partial charge in [-0.15, -0.1) is 0 Å². The van der Waals surface area contributed by atoms with Crippen LogP contribution in [0.3, 0.4) is 0 Å². The van der Waals surface area contributed by atoms with E-state index in [1.807, 2.05) is 43.0 Å². The number of carbonyl (C=O) groups excluding carboxylic acids is 2. The van der Waals surface area contributed by atoms with Gasteiger partial charge in [-0.05, 0) is 32.3 Å². The summed E-state index contributed by atoms with van der Waals surface area (Å²) in [7, 11) is 0. The molecule has 0 aromatic heterocycles. The fourth-order valence-corrected chi connectivity index (χ4v) is 3.10. The van der Waals surface area contributed by atoms with E-state index in [1.165, 1.54) is 0 Å². The fraction of sp³-hybridized carbons (Fsp3) is 0.556. The molecule has 0 bridgehead atoms. The van der Waals surface area contributed by atoms with E-state index in [2.05, 4.69) is 5.32 Å². The molecule has 3 amide bonds. The van der Waals surface area contributed by atoms with Crippen molar-refractivity contribution < 1.29 is 14.3 Å². The number of rotatable bonds is 6. The van der Waals surface area contributed by atoms with Crippen LogP contribution in [0.2, 0.25) is 0 Å². The van der Waals surface area contributed by atoms with E-state index in [9.17, 15) is 9.59 Å². The smallest absolute Gasteiger partial charge is 0.319 e. The van der Waals surface area contributed by atoms with Crippen molar-refractivity contribution in [2.45, 2.75) is 45.2 Å². The first-order chi connectivity index (χ1) is 11.6. The minimum Gasteiger partial charge on any atom is -0.494 e. The van der Waals surface area contributed by atoms with Gasteiger partial charge in [0, 0.05) is 11.6 Å². The molecule has 1 unspecified atom stereocenters. The Hall–Kier alpha value is -2.24. The second-order valence-corrected chi connectivity index (χ2v) is 6.32. The minimum atomic E-state index is -0.190. The highest BCUT2D eigenvalue weighted by atomic mass is 16.5. The fourth-order valence-electron chi connectivity index (χ4n) is 3.10. The molecule has 1 atom stereocenters. The second kappa shape index (κ2) is 7.11. The normalized spacial score (nSPS) is 18.7. The zero-order chi connectivity index (χ0) is 17.1. The summed E-state index contributed by atoms with van der Waals surface area (Å²) in [5, 5.41) is 3.05. The monoisotopic (exact) mass is 331 g/mol. The van der Waals surface area contributed by atoms with Crippen molar-refractivity contribution in [3.8, 4) is 5.75 Å². The van der Waals surface area contributed by atoms with Crippen molar-refractivity contribution in [3.63, 3.8) is 0 Å². The average molecular weight is 331 g/mol. The van der Waals surface area contributed by atoms with Crippen LogP contribution >= 0.6 is 0 Å². The SMILES string of the molecule is CCOc1ccccc1C(CC)NC(=O)N1CC(=O)N(C2CC2)C1. The number of nitrogens with one attached hydrogen (secondary N) is 1. The molecular weight excluding hydrogens is 306 g/mol. The van der Waals surface area contributed by atoms with E-state index < -0.39 is 0 Å². The molecule has 1 saturated heterocycles. The van der Waals surface area contributed by atoms with Crippen molar-refractivity contribution in [3.05, 3.63) is 29.8 Å². The number of ether oxygens (including phenoxy) is 1. The van der Waals surface area contributed by atoms with Crippen LogP contribution in [0.5, 0.6) is 5.75 Å². The predicted molar refractivity (Wildman–Crippen MR) is 90.6 cm³/mol. The van der Waals surface area contributed by atoms with Gasteiger partial charge in [0.05, 0.1) is 19.3 Å². The number of carbonyl (C=O) groups is 2. The Labute approximate surface area is 142 Å². The predicted octanol–water partition coefficient (Wildman–Crippen LogP) is 2.51. The third-order valence-electron chi connectivity index (χ3n) is 4.54. The molecule has 1 N–H and O–H groups in total. The molecule has 1 aliphatic carbocycles. The van der Waals surface area contributed by atoms with E-state index in [4.69, 9.17) is 4.74 Å². The lowest BCUT2D eigenvalue weighted by Crippen LogP contribution is -2.41. The summed E-state index contributed by atoms with van der Waals surface area (Å²) in [5.41, 5.74) is 0.972. The summed E-state index contributed by atoms with van der Waals surface area (Å²) in [5.74, 6) is 0.847. The van der Waals surface area contributed by atoms with E-state index in [1.54, 1.807) is 4.90 Å². The number of amides is 3. The Morgan fingerprint density at radius 3 is 2.75 bits per heavy atom. The molecule has 2 fully saturated rings. The van der Waals surface area contributed by atoms with Crippen LogP contribution in [0.25, 0.3) is 0 Å². The van der Waals surface area contributed by atoms with E-state index in [0.29, 0.717) is 19.3 Å². The Balaban J connectivity index is 1.67. The Kier molecular flexibility index (Phi) is 4.92. The van der Waals surface area contributed by atoms with Crippen molar-refractivity contribution in [2.24, 2.45) is 0 Å². The van der Waals surface area contributed by atoms with Crippen LogP contribution in [0.4, 0.5) is 4.79 Å². The third kappa shape index (κ3) is 3.47. The highest BCUT2D eigenvalue weighted by Gasteiger charge is 2.40. The molecule has 2 aliphatic rings. The topological polar surface area (TPSA) is 61.9 Å². The Morgan fingerprint density at radius 2 is 2.08 bits per heavy atom. The van der Waals surface area contributed by atoms with Crippen molar-refractivity contribution in [2.75, 3.05) is 19.8 Å². The maximum Gasteiger partial charge on any atom is 0.319 e. The molecule has 1 aromatic rings. The number of benzene rings is 1. The summed E-state index contributed by atoms with van der Waals surface area (Å²) >= 11 is 0. The second-order valence-electron chi connectivity index (χ2n) is 6.32. The van der Waals surface area contributed by atoms with Gasteiger partial charge in [0.2, 0.25) is 5.91 Å². The van der Waals surface area contributed by atoms with Gasteiger partial charge in [-0.2, -0.15) is 0 Å². The molecule has 130 valence electrons. The largest absolute Gasteiger partial charge is 0.494 e. The van der Waals surface area contributed by atoms with Crippen LogP contribution < -0.4 is 10.1 Å². The first kappa shape index (κ1) is 16.6. The number of para-hydroxylation sites is 1. The van der Waals surface area contributed by atoms with Crippen molar-refractivity contribution >= 4 is 11.9 Å². The Bertz CT molecular complexity index is 615. The quantitative estimate of drug-likeness (QED) is 0.871. The molecule has 1 aromatic carbocycles. The number of hydrogen-bond acceptors (Lipinski definition) is 3. The van der Waals surface area contributed by atoms with Gasteiger partial charge in [0.15, 0.2) is 0 Å². The molecule has 24 heavy (non-hydrogen) atoms. The first-order valence-electron chi connectivity index (χ1n) is 8.70. The molecule has 6 nitrogen and oxygen atoms in total. The van der Waals surface area contributed by atoms with Crippen LogP contribution in [-0.2, 0) is 4.79 Å². The molecule has 1 aliphatic heterocycles. The van der Waals surface area contributed by atoms with Crippen LogP contribution in [0, 0.1) is 0 Å². The van der Waals surface area contributed by atoms with Crippen molar-refractivity contribution in [1.82, 2.24) is 15.1 Å². The maximum absolute atomic E-state index is 12.6. The van der Waals surface area contributed by atoms with Crippen LogP contribution in [0.15, 0.2) is 24.3 Å². The molecule has 3 rings (SSSR count). The highest BCUT2D eigenvalue weighted by Crippen LogP contribution is 2.30. The minimum absolute atomic E-state index is 0.0513. The molecule has 1 saturated carbocycles. The lowest BCUT2D eigenvalue weighted by Gasteiger charge is -2.24. The third-order valence-corrected chi connectivity index (χ3v) is 4.54. The molecular formula is C18H25N3O3. The summed E-state index contributed by atoms with van der Waals surface area (Å²) in [4.78, 5) is 28.0. The van der Waals surface area contributed by atoms with Gasteiger partial charge in [0.25, 0.3) is 0 Å². The van der Waals surface area contributed by atoms with Gasteiger partial charge in [-0.1, -0.05) is 25.1 Å². The van der Waals surface area contributed by atoms with Gasteiger partial charge in [0.1, 0.15) is 12.3 Å². The van der Waals surface area contributed by atoms with Gasteiger partial charge in [-0.3, -0.25) is 9.69 Å². The lowest BCUT2D eigenvalue weighted by atomic mass is 10.0. The molecule has 6 heteroatoms. The van der Waals surface area contributed by atoms with Crippen molar-refractivity contribution in [1.29, 1.82) is 0 Å². The van der Waals surface area contributed by atoms with E-state index >= 15 is 0 Å². The molecule has 0 radical (unpaired) electrons. The lowest BCUT2D eigenvalue weighted by molar-refractivity contribution is -0.127. The maximum atomic E-state index is 12.6. The molecule has 1 heterocycles. The van der Waals surface area contributed by atoms with Crippen LogP contribution in [-0.4, -0.2) is 47.6 Å². The van der Waals surface area contributed by atoms with E-state index in [-0.39, 0.29) is 24.5 Å². The van der Waals surface area contributed by atoms with Crippen LogP contribution in [0.1, 0.15) is 44.7 Å². The summed E-state index contributed by atoms with van der Waals surface area (Å²) < 4.78 is 5.67.